The third-order valence-electron chi connectivity index (χ3n) is 4.74. The molecule has 0 saturated heterocycles. The van der Waals surface area contributed by atoms with Gasteiger partial charge in [-0.25, -0.2) is 4.98 Å². The van der Waals surface area contributed by atoms with Crippen molar-refractivity contribution in [1.29, 1.82) is 5.26 Å². The number of nitrogens with two attached hydrogens (primary N) is 1. The summed E-state index contributed by atoms with van der Waals surface area (Å²) >= 11 is 0. The van der Waals surface area contributed by atoms with Gasteiger partial charge in [-0.3, -0.25) is 9.97 Å². The summed E-state index contributed by atoms with van der Waals surface area (Å²) in [5.74, 6) is 1.33. The lowest BCUT2D eigenvalue weighted by atomic mass is 9.90. The highest BCUT2D eigenvalue weighted by molar-refractivity contribution is 5.62. The van der Waals surface area contributed by atoms with Crippen LogP contribution in [-0.2, 0) is 5.41 Å². The van der Waals surface area contributed by atoms with Crippen LogP contribution in [0.4, 0.5) is 0 Å². The van der Waals surface area contributed by atoms with E-state index in [2.05, 4.69) is 31.2 Å². The fourth-order valence-electron chi connectivity index (χ4n) is 2.91. The predicted molar refractivity (Wildman–Crippen MR) is 117 cm³/mol. The van der Waals surface area contributed by atoms with Crippen molar-refractivity contribution in [2.24, 2.45) is 5.73 Å². The molecule has 0 radical (unpaired) electrons. The van der Waals surface area contributed by atoms with E-state index >= 15 is 0 Å². The van der Waals surface area contributed by atoms with Crippen LogP contribution in [0.3, 0.4) is 0 Å². The molecule has 0 aliphatic carbocycles. The molecule has 9 heteroatoms. The van der Waals surface area contributed by atoms with Gasteiger partial charge in [-0.2, -0.15) is 5.26 Å². The average Bonchev–Trinajstić information content (AvgIpc) is 3.34. The van der Waals surface area contributed by atoms with Gasteiger partial charge in [-0.05, 0) is 50.2 Å². The lowest BCUT2D eigenvalue weighted by Gasteiger charge is -2.15. The van der Waals surface area contributed by atoms with Crippen LogP contribution >= 0.6 is 0 Å². The van der Waals surface area contributed by atoms with Crippen LogP contribution < -0.4 is 10.5 Å². The molecule has 2 N–H and O–H groups in total. The molecule has 0 aliphatic heterocycles. The minimum absolute atomic E-state index is 0.254. The number of aromatic nitrogens is 5. The van der Waals surface area contributed by atoms with Gasteiger partial charge in [0, 0.05) is 23.9 Å². The molecule has 4 rings (SSSR count). The number of rotatable bonds is 7. The van der Waals surface area contributed by atoms with Crippen LogP contribution in [0.2, 0.25) is 0 Å². The Kier molecular flexibility index (Phi) is 5.87. The molecule has 0 atom stereocenters. The van der Waals surface area contributed by atoms with Gasteiger partial charge in [0.1, 0.15) is 18.1 Å². The maximum absolute atomic E-state index is 9.39. The van der Waals surface area contributed by atoms with Crippen molar-refractivity contribution < 1.29 is 9.15 Å². The highest BCUT2D eigenvalue weighted by Gasteiger charge is 2.22. The molecule has 1 aromatic carbocycles. The fourth-order valence-corrected chi connectivity index (χ4v) is 2.91. The van der Waals surface area contributed by atoms with Gasteiger partial charge in [0.25, 0.3) is 5.89 Å². The average molecular weight is 427 g/mol. The number of benzene rings is 1. The van der Waals surface area contributed by atoms with Crippen LogP contribution in [0.15, 0.2) is 59.4 Å². The van der Waals surface area contributed by atoms with E-state index in [1.807, 2.05) is 50.2 Å². The zero-order valence-electron chi connectivity index (χ0n) is 17.7. The Balaban J connectivity index is 1.59. The van der Waals surface area contributed by atoms with Crippen LogP contribution in [0.25, 0.3) is 34.3 Å². The molecule has 0 amide bonds. The SMILES string of the molecule is CC(C)(C#N)c1cc(-c2cncc(-c3nnc(-c4ccc(OCCN)cc4)o3)n2)ccn1. The normalized spacial score (nSPS) is 11.2. The molecule has 0 fully saturated rings. The van der Waals surface area contributed by atoms with Gasteiger partial charge in [-0.1, -0.05) is 0 Å². The summed E-state index contributed by atoms with van der Waals surface area (Å²) in [5, 5.41) is 17.6. The van der Waals surface area contributed by atoms with Gasteiger partial charge in [-0.15, -0.1) is 10.2 Å². The Morgan fingerprint density at radius 1 is 1.03 bits per heavy atom. The maximum Gasteiger partial charge on any atom is 0.268 e. The van der Waals surface area contributed by atoms with E-state index in [1.54, 1.807) is 18.6 Å². The fraction of sp³-hybridized carbons (Fsp3) is 0.217. The Bertz CT molecular complexity index is 1260. The smallest absolute Gasteiger partial charge is 0.268 e. The van der Waals surface area contributed by atoms with E-state index in [0.29, 0.717) is 41.9 Å². The number of nitrogens with zero attached hydrogens (tertiary/aromatic N) is 6. The molecule has 0 unspecified atom stereocenters. The summed E-state index contributed by atoms with van der Waals surface area (Å²) in [5.41, 5.74) is 8.00. The molecule has 32 heavy (non-hydrogen) atoms. The molecular formula is C23H21N7O2. The lowest BCUT2D eigenvalue weighted by molar-refractivity contribution is 0.328. The first-order valence-corrected chi connectivity index (χ1v) is 9.97. The molecule has 0 bridgehead atoms. The van der Waals surface area contributed by atoms with Crippen LogP contribution in [0, 0.1) is 11.3 Å². The van der Waals surface area contributed by atoms with Gasteiger partial charge in [0.15, 0.2) is 0 Å². The quantitative estimate of drug-likeness (QED) is 0.470. The van der Waals surface area contributed by atoms with Crippen LogP contribution in [0.5, 0.6) is 5.75 Å². The molecule has 3 heterocycles. The number of pyridine rings is 1. The number of ether oxygens (including phenoxy) is 1. The van der Waals surface area contributed by atoms with E-state index in [-0.39, 0.29) is 5.89 Å². The summed E-state index contributed by atoms with van der Waals surface area (Å²) in [6, 6.07) is 13.2. The van der Waals surface area contributed by atoms with E-state index in [4.69, 9.17) is 14.9 Å². The van der Waals surface area contributed by atoms with Crippen molar-refractivity contribution in [1.82, 2.24) is 25.1 Å². The van der Waals surface area contributed by atoms with Crippen molar-refractivity contribution in [2.45, 2.75) is 19.3 Å². The molecule has 160 valence electrons. The Morgan fingerprint density at radius 3 is 2.53 bits per heavy atom. The van der Waals surface area contributed by atoms with Gasteiger partial charge >= 0.3 is 0 Å². The van der Waals surface area contributed by atoms with E-state index in [0.717, 1.165) is 11.1 Å². The zero-order valence-corrected chi connectivity index (χ0v) is 17.7. The first-order chi connectivity index (χ1) is 15.5. The molecule has 0 saturated carbocycles. The van der Waals surface area contributed by atoms with Gasteiger partial charge in [0.05, 0.1) is 35.3 Å². The van der Waals surface area contributed by atoms with Crippen molar-refractivity contribution in [2.75, 3.05) is 13.2 Å². The standard InChI is InChI=1S/C23H21N7O2/c1-23(2,14-25)20-11-16(7-9-27-20)18-12-26-13-19(28-18)22-30-29-21(32-22)15-3-5-17(6-4-15)31-10-8-24/h3-7,9,11-13H,8,10,24H2,1-2H3. The number of hydrogen-bond donors (Lipinski definition) is 1. The summed E-state index contributed by atoms with van der Waals surface area (Å²) in [6.07, 6.45) is 4.86. The number of hydrogen-bond acceptors (Lipinski definition) is 9. The molecular weight excluding hydrogens is 406 g/mol. The summed E-state index contributed by atoms with van der Waals surface area (Å²) in [4.78, 5) is 13.2. The highest BCUT2D eigenvalue weighted by atomic mass is 16.5. The number of nitriles is 1. The zero-order chi connectivity index (χ0) is 22.6. The second-order valence-corrected chi connectivity index (χ2v) is 7.53. The van der Waals surface area contributed by atoms with E-state index < -0.39 is 5.41 Å². The third kappa shape index (κ3) is 4.45. The predicted octanol–water partition coefficient (Wildman–Crippen LogP) is 3.39. The first kappa shape index (κ1) is 21.1. The second-order valence-electron chi connectivity index (χ2n) is 7.53. The third-order valence-corrected chi connectivity index (χ3v) is 4.74. The maximum atomic E-state index is 9.39. The molecule has 0 spiro atoms. The summed E-state index contributed by atoms with van der Waals surface area (Å²) in [7, 11) is 0. The second kappa shape index (κ2) is 8.91. The van der Waals surface area contributed by atoms with Gasteiger partial charge < -0.3 is 14.9 Å². The Morgan fingerprint density at radius 2 is 1.78 bits per heavy atom. The Labute approximate surface area is 184 Å². The minimum atomic E-state index is -0.715. The summed E-state index contributed by atoms with van der Waals surface area (Å²) in [6.45, 7) is 4.54. The lowest BCUT2D eigenvalue weighted by Crippen LogP contribution is -2.15. The molecule has 0 aliphatic rings. The van der Waals surface area contributed by atoms with Crippen LogP contribution in [-0.4, -0.2) is 38.3 Å². The first-order valence-electron chi connectivity index (χ1n) is 9.97. The Hall–Kier alpha value is -4.16. The largest absolute Gasteiger partial charge is 0.492 e. The molecule has 3 aromatic heterocycles. The van der Waals surface area contributed by atoms with Crippen molar-refractivity contribution in [3.05, 3.63) is 60.7 Å². The topological polar surface area (TPSA) is 137 Å². The van der Waals surface area contributed by atoms with Crippen molar-refractivity contribution in [3.8, 4) is 46.1 Å². The van der Waals surface area contributed by atoms with Gasteiger partial charge in [0.2, 0.25) is 5.89 Å². The van der Waals surface area contributed by atoms with E-state index in [1.165, 1.54) is 0 Å². The summed E-state index contributed by atoms with van der Waals surface area (Å²) < 4.78 is 11.3. The molecule has 4 aromatic rings. The van der Waals surface area contributed by atoms with E-state index in [9.17, 15) is 5.26 Å². The van der Waals surface area contributed by atoms with Crippen molar-refractivity contribution >= 4 is 0 Å². The molecule has 9 nitrogen and oxygen atoms in total. The van der Waals surface area contributed by atoms with Crippen LogP contribution in [0.1, 0.15) is 19.5 Å². The highest BCUT2D eigenvalue weighted by Crippen LogP contribution is 2.27. The van der Waals surface area contributed by atoms with Crippen molar-refractivity contribution in [3.63, 3.8) is 0 Å². The monoisotopic (exact) mass is 427 g/mol. The minimum Gasteiger partial charge on any atom is -0.492 e.